The Bertz CT molecular complexity index is 210. The lowest BCUT2D eigenvalue weighted by molar-refractivity contribution is -0.131. The van der Waals surface area contributed by atoms with Crippen LogP contribution in [0.5, 0.6) is 0 Å². The fraction of sp³-hybridized carbons (Fsp3) is 0.923. The van der Waals surface area contributed by atoms with Crippen LogP contribution in [0, 0.1) is 0 Å². The van der Waals surface area contributed by atoms with Gasteiger partial charge in [0.05, 0.1) is 6.04 Å². The van der Waals surface area contributed by atoms with Gasteiger partial charge in [-0.05, 0) is 26.7 Å². The summed E-state index contributed by atoms with van der Waals surface area (Å²) in [5.74, 6) is 0.215. The molecule has 0 heterocycles. The van der Waals surface area contributed by atoms with Crippen molar-refractivity contribution in [3.8, 4) is 0 Å². The van der Waals surface area contributed by atoms with Gasteiger partial charge < -0.3 is 10.2 Å². The van der Waals surface area contributed by atoms with Crippen molar-refractivity contribution >= 4 is 5.91 Å². The minimum absolute atomic E-state index is 0.0342. The minimum Gasteiger partial charge on any atom is -0.345 e. The van der Waals surface area contributed by atoms with E-state index < -0.39 is 0 Å². The number of nitrogens with zero attached hydrogens (tertiary/aromatic N) is 1. The van der Waals surface area contributed by atoms with Crippen molar-refractivity contribution < 1.29 is 4.79 Å². The smallest absolute Gasteiger partial charge is 0.239 e. The number of rotatable bonds is 4. The zero-order valence-corrected chi connectivity index (χ0v) is 11.0. The molecule has 1 saturated carbocycles. The number of amides is 1. The minimum atomic E-state index is -0.0342. The molecule has 0 spiro atoms. The SMILES string of the molecule is CCN(C)C(=O)C(C)NC1CCCCCC1. The van der Waals surface area contributed by atoms with Crippen molar-refractivity contribution in [2.24, 2.45) is 0 Å². The van der Waals surface area contributed by atoms with Crippen LogP contribution in [0.15, 0.2) is 0 Å². The molecule has 0 aromatic carbocycles. The highest BCUT2D eigenvalue weighted by Crippen LogP contribution is 2.17. The molecule has 0 aliphatic heterocycles. The van der Waals surface area contributed by atoms with Crippen LogP contribution in [-0.4, -0.2) is 36.5 Å². The number of hydrogen-bond acceptors (Lipinski definition) is 2. The largest absolute Gasteiger partial charge is 0.345 e. The van der Waals surface area contributed by atoms with Gasteiger partial charge in [-0.25, -0.2) is 0 Å². The first-order valence-corrected chi connectivity index (χ1v) is 6.66. The second-order valence-electron chi connectivity index (χ2n) is 4.93. The summed E-state index contributed by atoms with van der Waals surface area (Å²) in [5, 5.41) is 3.48. The van der Waals surface area contributed by atoms with Gasteiger partial charge in [-0.3, -0.25) is 4.79 Å². The van der Waals surface area contributed by atoms with E-state index in [1.54, 1.807) is 4.90 Å². The summed E-state index contributed by atoms with van der Waals surface area (Å²) in [5.41, 5.74) is 0. The molecule has 1 rings (SSSR count). The Kier molecular flexibility index (Phi) is 5.81. The molecular weight excluding hydrogens is 200 g/mol. The van der Waals surface area contributed by atoms with Gasteiger partial charge in [0.1, 0.15) is 0 Å². The van der Waals surface area contributed by atoms with Gasteiger partial charge in [0.2, 0.25) is 5.91 Å². The van der Waals surface area contributed by atoms with Crippen molar-refractivity contribution in [3.63, 3.8) is 0 Å². The van der Waals surface area contributed by atoms with Gasteiger partial charge in [-0.2, -0.15) is 0 Å². The van der Waals surface area contributed by atoms with Gasteiger partial charge in [0.15, 0.2) is 0 Å². The maximum Gasteiger partial charge on any atom is 0.239 e. The fourth-order valence-electron chi connectivity index (χ4n) is 2.36. The van der Waals surface area contributed by atoms with Crippen molar-refractivity contribution in [1.82, 2.24) is 10.2 Å². The number of nitrogens with one attached hydrogen (secondary N) is 1. The van der Waals surface area contributed by atoms with Gasteiger partial charge in [0, 0.05) is 19.6 Å². The van der Waals surface area contributed by atoms with Gasteiger partial charge >= 0.3 is 0 Å². The topological polar surface area (TPSA) is 32.3 Å². The molecule has 3 nitrogen and oxygen atoms in total. The Balaban J connectivity index is 2.36. The molecule has 1 fully saturated rings. The molecule has 1 unspecified atom stereocenters. The van der Waals surface area contributed by atoms with E-state index in [-0.39, 0.29) is 11.9 Å². The summed E-state index contributed by atoms with van der Waals surface area (Å²) in [4.78, 5) is 13.7. The molecule has 1 aliphatic rings. The second kappa shape index (κ2) is 6.89. The van der Waals surface area contributed by atoms with Crippen LogP contribution in [0.1, 0.15) is 52.4 Å². The van der Waals surface area contributed by atoms with Crippen molar-refractivity contribution in [2.75, 3.05) is 13.6 Å². The summed E-state index contributed by atoms with van der Waals surface area (Å²) in [6, 6.07) is 0.514. The Morgan fingerprint density at radius 1 is 1.31 bits per heavy atom. The van der Waals surface area contributed by atoms with Crippen molar-refractivity contribution in [3.05, 3.63) is 0 Å². The lowest BCUT2D eigenvalue weighted by Crippen LogP contribution is -2.47. The van der Waals surface area contributed by atoms with E-state index >= 15 is 0 Å². The number of carbonyl (C=O) groups is 1. The van der Waals surface area contributed by atoms with Crippen LogP contribution >= 0.6 is 0 Å². The zero-order valence-electron chi connectivity index (χ0n) is 11.0. The average Bonchev–Trinajstić information content (AvgIpc) is 2.55. The van der Waals surface area contributed by atoms with Crippen molar-refractivity contribution in [2.45, 2.75) is 64.5 Å². The third-order valence-electron chi connectivity index (χ3n) is 3.56. The number of likely N-dealkylation sites (N-methyl/N-ethyl adjacent to an activating group) is 1. The predicted molar refractivity (Wildman–Crippen MR) is 67.4 cm³/mol. The molecule has 1 amide bonds. The molecule has 1 atom stereocenters. The Morgan fingerprint density at radius 2 is 1.88 bits per heavy atom. The van der Waals surface area contributed by atoms with E-state index in [0.717, 1.165) is 6.54 Å². The average molecular weight is 226 g/mol. The summed E-state index contributed by atoms with van der Waals surface area (Å²) in [6.07, 6.45) is 7.79. The molecular formula is C13H26N2O. The first-order chi connectivity index (χ1) is 7.65. The molecule has 1 N–H and O–H groups in total. The number of carbonyl (C=O) groups excluding carboxylic acids is 1. The summed E-state index contributed by atoms with van der Waals surface area (Å²) < 4.78 is 0. The highest BCUT2D eigenvalue weighted by Gasteiger charge is 2.20. The molecule has 0 saturated heterocycles. The van der Waals surface area contributed by atoms with E-state index in [2.05, 4.69) is 5.32 Å². The van der Waals surface area contributed by atoms with E-state index in [9.17, 15) is 4.79 Å². The molecule has 0 aromatic rings. The molecule has 0 radical (unpaired) electrons. The van der Waals surface area contributed by atoms with Gasteiger partial charge in [-0.15, -0.1) is 0 Å². The normalized spacial score (nSPS) is 20.2. The van der Waals surface area contributed by atoms with Crippen LogP contribution < -0.4 is 5.32 Å². The second-order valence-corrected chi connectivity index (χ2v) is 4.93. The van der Waals surface area contributed by atoms with Crippen LogP contribution in [0.2, 0.25) is 0 Å². The first-order valence-electron chi connectivity index (χ1n) is 6.66. The zero-order chi connectivity index (χ0) is 12.0. The molecule has 0 aromatic heterocycles. The van der Waals surface area contributed by atoms with Crippen LogP contribution in [0.3, 0.4) is 0 Å². The van der Waals surface area contributed by atoms with E-state index in [1.165, 1.54) is 38.5 Å². The Morgan fingerprint density at radius 3 is 2.38 bits per heavy atom. The lowest BCUT2D eigenvalue weighted by atomic mass is 10.1. The molecule has 0 bridgehead atoms. The van der Waals surface area contributed by atoms with E-state index in [0.29, 0.717) is 6.04 Å². The third-order valence-corrected chi connectivity index (χ3v) is 3.56. The number of hydrogen-bond donors (Lipinski definition) is 1. The Hall–Kier alpha value is -0.570. The maximum absolute atomic E-state index is 11.9. The van der Waals surface area contributed by atoms with Gasteiger partial charge in [0.25, 0.3) is 0 Å². The van der Waals surface area contributed by atoms with E-state index in [1.807, 2.05) is 20.9 Å². The van der Waals surface area contributed by atoms with E-state index in [4.69, 9.17) is 0 Å². The lowest BCUT2D eigenvalue weighted by Gasteiger charge is -2.25. The highest BCUT2D eigenvalue weighted by atomic mass is 16.2. The maximum atomic E-state index is 11.9. The van der Waals surface area contributed by atoms with Crippen molar-refractivity contribution in [1.29, 1.82) is 0 Å². The monoisotopic (exact) mass is 226 g/mol. The standard InChI is InChI=1S/C13H26N2O/c1-4-15(3)13(16)11(2)14-12-9-7-5-6-8-10-12/h11-12,14H,4-10H2,1-3H3. The predicted octanol–water partition coefficient (Wildman–Crippen LogP) is 2.17. The molecule has 1 aliphatic carbocycles. The summed E-state index contributed by atoms with van der Waals surface area (Å²) in [7, 11) is 1.87. The molecule has 16 heavy (non-hydrogen) atoms. The van der Waals surface area contributed by atoms with Crippen LogP contribution in [0.25, 0.3) is 0 Å². The van der Waals surface area contributed by atoms with Crippen LogP contribution in [0.4, 0.5) is 0 Å². The van der Waals surface area contributed by atoms with Crippen LogP contribution in [-0.2, 0) is 4.79 Å². The fourth-order valence-corrected chi connectivity index (χ4v) is 2.36. The summed E-state index contributed by atoms with van der Waals surface area (Å²) >= 11 is 0. The molecule has 3 heteroatoms. The Labute approximate surface area is 99.6 Å². The third kappa shape index (κ3) is 4.12. The highest BCUT2D eigenvalue weighted by molar-refractivity contribution is 5.81. The quantitative estimate of drug-likeness (QED) is 0.745. The molecule has 94 valence electrons. The van der Waals surface area contributed by atoms with Gasteiger partial charge in [-0.1, -0.05) is 25.7 Å². The summed E-state index contributed by atoms with van der Waals surface area (Å²) in [6.45, 7) is 4.78. The first kappa shape index (κ1) is 13.5.